The molecule has 0 saturated carbocycles. The summed E-state index contributed by atoms with van der Waals surface area (Å²) in [6.45, 7) is 10.6. The van der Waals surface area contributed by atoms with E-state index in [4.69, 9.17) is 4.74 Å². The van der Waals surface area contributed by atoms with Crippen molar-refractivity contribution in [3.63, 3.8) is 0 Å². The number of amides is 1. The van der Waals surface area contributed by atoms with Crippen LogP contribution in [0.4, 0.5) is 4.79 Å². The van der Waals surface area contributed by atoms with Crippen LogP contribution in [0.2, 0.25) is 0 Å². The van der Waals surface area contributed by atoms with Crippen molar-refractivity contribution in [3.8, 4) is 0 Å². The molecule has 0 aromatic rings. The lowest BCUT2D eigenvalue weighted by atomic mass is 10.0. The number of carbonyl (C=O) groups excluding carboxylic acids is 1. The van der Waals surface area contributed by atoms with Gasteiger partial charge in [-0.05, 0) is 53.1 Å². The number of ether oxygens (including phenoxy) is 1. The van der Waals surface area contributed by atoms with E-state index in [1.54, 1.807) is 11.9 Å². The Balaban J connectivity index is 4.11. The van der Waals surface area contributed by atoms with Crippen molar-refractivity contribution in [2.24, 2.45) is 5.92 Å². The molecule has 6 heteroatoms. The molecule has 0 saturated heterocycles. The molecule has 0 aliphatic carbocycles. The fourth-order valence-electron chi connectivity index (χ4n) is 2.26. The van der Waals surface area contributed by atoms with E-state index in [-0.39, 0.29) is 12.0 Å². The molecule has 0 radical (unpaired) electrons. The molecular formula is C16H32N2O4. The largest absolute Gasteiger partial charge is 0.480 e. The number of carbonyl (C=O) groups is 2. The fraction of sp³-hybridized carbons (Fsp3) is 0.875. The molecular weight excluding hydrogens is 284 g/mol. The molecule has 130 valence electrons. The SMILES string of the molecule is CC(C)[C@@H](C(=O)O)N(C)CCCCN(C)C(=O)OC(C)(C)C. The summed E-state index contributed by atoms with van der Waals surface area (Å²) in [6.07, 6.45) is 1.32. The van der Waals surface area contributed by atoms with Gasteiger partial charge in [-0.25, -0.2) is 4.79 Å². The highest BCUT2D eigenvalue weighted by atomic mass is 16.6. The fourth-order valence-corrected chi connectivity index (χ4v) is 2.26. The van der Waals surface area contributed by atoms with Gasteiger partial charge in [-0.2, -0.15) is 0 Å². The molecule has 1 atom stereocenters. The number of aliphatic carboxylic acids is 1. The second-order valence-electron chi connectivity index (χ2n) is 7.12. The first-order valence-corrected chi connectivity index (χ1v) is 7.83. The third-order valence-corrected chi connectivity index (χ3v) is 3.32. The number of nitrogens with zero attached hydrogens (tertiary/aromatic N) is 2. The van der Waals surface area contributed by atoms with Crippen LogP contribution in [0.15, 0.2) is 0 Å². The molecule has 0 aliphatic rings. The van der Waals surface area contributed by atoms with E-state index in [9.17, 15) is 14.7 Å². The maximum atomic E-state index is 11.8. The number of hydrogen-bond acceptors (Lipinski definition) is 4. The zero-order valence-corrected chi connectivity index (χ0v) is 15.0. The molecule has 1 N–H and O–H groups in total. The van der Waals surface area contributed by atoms with Crippen LogP contribution in [-0.4, -0.2) is 65.8 Å². The Morgan fingerprint density at radius 3 is 2.00 bits per heavy atom. The van der Waals surface area contributed by atoms with Crippen LogP contribution in [0.1, 0.15) is 47.5 Å². The van der Waals surface area contributed by atoms with Crippen LogP contribution in [0.5, 0.6) is 0 Å². The Kier molecular flexibility index (Phi) is 8.45. The quantitative estimate of drug-likeness (QED) is 0.697. The van der Waals surface area contributed by atoms with Crippen molar-refractivity contribution in [3.05, 3.63) is 0 Å². The first-order chi connectivity index (χ1) is 9.95. The Hall–Kier alpha value is -1.30. The van der Waals surface area contributed by atoms with E-state index in [0.717, 1.165) is 12.8 Å². The third-order valence-electron chi connectivity index (χ3n) is 3.32. The molecule has 0 heterocycles. The molecule has 0 aromatic heterocycles. The predicted octanol–water partition coefficient (Wildman–Crippen LogP) is 2.67. The summed E-state index contributed by atoms with van der Waals surface area (Å²) < 4.78 is 5.28. The lowest BCUT2D eigenvalue weighted by molar-refractivity contribution is -0.144. The monoisotopic (exact) mass is 316 g/mol. The van der Waals surface area contributed by atoms with Gasteiger partial charge in [0.25, 0.3) is 0 Å². The molecule has 0 bridgehead atoms. The van der Waals surface area contributed by atoms with Gasteiger partial charge in [-0.1, -0.05) is 13.8 Å². The summed E-state index contributed by atoms with van der Waals surface area (Å²) in [5.74, 6) is -0.727. The number of carboxylic acids is 1. The van der Waals surface area contributed by atoms with Gasteiger partial charge < -0.3 is 14.7 Å². The topological polar surface area (TPSA) is 70.1 Å². The molecule has 1 amide bonds. The number of carboxylic acid groups (broad SMARTS) is 1. The van der Waals surface area contributed by atoms with Crippen LogP contribution in [-0.2, 0) is 9.53 Å². The smallest absolute Gasteiger partial charge is 0.410 e. The minimum absolute atomic E-state index is 0.0620. The van der Waals surface area contributed by atoms with Crippen molar-refractivity contribution in [1.82, 2.24) is 9.80 Å². The van der Waals surface area contributed by atoms with E-state index in [1.165, 1.54) is 0 Å². The minimum Gasteiger partial charge on any atom is -0.480 e. The summed E-state index contributed by atoms with van der Waals surface area (Å²) in [5.41, 5.74) is -0.489. The molecule has 0 rings (SSSR count). The van der Waals surface area contributed by atoms with Crippen molar-refractivity contribution < 1.29 is 19.4 Å². The molecule has 0 spiro atoms. The Morgan fingerprint density at radius 2 is 1.59 bits per heavy atom. The average Bonchev–Trinajstić information content (AvgIpc) is 2.31. The number of likely N-dealkylation sites (N-methyl/N-ethyl adjacent to an activating group) is 1. The average molecular weight is 316 g/mol. The first-order valence-electron chi connectivity index (χ1n) is 7.83. The highest BCUT2D eigenvalue weighted by Gasteiger charge is 2.25. The third kappa shape index (κ3) is 8.22. The summed E-state index contributed by atoms with van der Waals surface area (Å²) in [4.78, 5) is 26.4. The number of unbranched alkanes of at least 4 members (excludes halogenated alkanes) is 1. The normalized spacial score (nSPS) is 13.3. The van der Waals surface area contributed by atoms with Gasteiger partial charge in [0.05, 0.1) is 0 Å². The summed E-state index contributed by atoms with van der Waals surface area (Å²) >= 11 is 0. The van der Waals surface area contributed by atoms with E-state index in [2.05, 4.69) is 0 Å². The van der Waals surface area contributed by atoms with Crippen LogP contribution >= 0.6 is 0 Å². The lowest BCUT2D eigenvalue weighted by Crippen LogP contribution is -2.43. The van der Waals surface area contributed by atoms with Gasteiger partial charge in [0, 0.05) is 13.6 Å². The Bertz CT molecular complexity index is 364. The molecule has 0 fully saturated rings. The molecule has 6 nitrogen and oxygen atoms in total. The summed E-state index contributed by atoms with van der Waals surface area (Å²) in [5, 5.41) is 9.23. The Morgan fingerprint density at radius 1 is 1.09 bits per heavy atom. The zero-order chi connectivity index (χ0) is 17.5. The Labute approximate surface area is 134 Å². The summed E-state index contributed by atoms with van der Waals surface area (Å²) in [6, 6.07) is -0.469. The minimum atomic E-state index is -0.789. The van der Waals surface area contributed by atoms with Gasteiger partial charge >= 0.3 is 12.1 Å². The van der Waals surface area contributed by atoms with Gasteiger partial charge in [0.2, 0.25) is 0 Å². The van der Waals surface area contributed by atoms with Crippen molar-refractivity contribution in [2.45, 2.75) is 59.1 Å². The van der Waals surface area contributed by atoms with Gasteiger partial charge in [-0.15, -0.1) is 0 Å². The van der Waals surface area contributed by atoms with E-state index in [1.807, 2.05) is 46.6 Å². The molecule has 0 aromatic carbocycles. The second-order valence-corrected chi connectivity index (χ2v) is 7.12. The van der Waals surface area contributed by atoms with E-state index in [0.29, 0.717) is 13.1 Å². The van der Waals surface area contributed by atoms with Crippen LogP contribution in [0.25, 0.3) is 0 Å². The van der Waals surface area contributed by atoms with Gasteiger partial charge in [0.15, 0.2) is 0 Å². The maximum absolute atomic E-state index is 11.8. The van der Waals surface area contributed by atoms with Crippen LogP contribution in [0.3, 0.4) is 0 Å². The number of rotatable bonds is 8. The zero-order valence-electron chi connectivity index (χ0n) is 15.0. The van der Waals surface area contributed by atoms with Crippen LogP contribution < -0.4 is 0 Å². The van der Waals surface area contributed by atoms with Crippen molar-refractivity contribution in [2.75, 3.05) is 27.2 Å². The predicted molar refractivity (Wildman–Crippen MR) is 87.0 cm³/mol. The number of hydrogen-bond donors (Lipinski definition) is 1. The summed E-state index contributed by atoms with van der Waals surface area (Å²) in [7, 11) is 3.54. The molecule has 0 aliphatic heterocycles. The standard InChI is InChI=1S/C16H32N2O4/c1-12(2)13(14(19)20)17(6)10-8-9-11-18(7)15(21)22-16(3,4)5/h12-13H,8-11H2,1-7H3,(H,19,20)/t13-/m0/s1. The van der Waals surface area contributed by atoms with Gasteiger partial charge in [-0.3, -0.25) is 9.69 Å². The highest BCUT2D eigenvalue weighted by Crippen LogP contribution is 2.12. The maximum Gasteiger partial charge on any atom is 0.410 e. The van der Waals surface area contributed by atoms with Gasteiger partial charge in [0.1, 0.15) is 11.6 Å². The van der Waals surface area contributed by atoms with Crippen LogP contribution in [0, 0.1) is 5.92 Å². The van der Waals surface area contributed by atoms with Crippen molar-refractivity contribution in [1.29, 1.82) is 0 Å². The molecule has 22 heavy (non-hydrogen) atoms. The highest BCUT2D eigenvalue weighted by molar-refractivity contribution is 5.73. The molecule has 0 unspecified atom stereocenters. The second kappa shape index (κ2) is 8.98. The first kappa shape index (κ1) is 20.7. The van der Waals surface area contributed by atoms with Crippen molar-refractivity contribution >= 4 is 12.1 Å². The lowest BCUT2D eigenvalue weighted by Gasteiger charge is -2.28. The van der Waals surface area contributed by atoms with E-state index >= 15 is 0 Å². The van der Waals surface area contributed by atoms with E-state index < -0.39 is 17.6 Å².